The average Bonchev–Trinajstić information content (AvgIpc) is 3.13. The molecule has 2 atom stereocenters. The molecule has 7 heteroatoms. The number of phenols is 1. The van der Waals surface area contributed by atoms with E-state index < -0.39 is 28.2 Å². The first-order valence-corrected chi connectivity index (χ1v) is 12.7. The van der Waals surface area contributed by atoms with Gasteiger partial charge >= 0.3 is 0 Å². The van der Waals surface area contributed by atoms with Crippen LogP contribution in [-0.4, -0.2) is 28.3 Å². The minimum Gasteiger partial charge on any atom is -0.507 e. The fraction of sp³-hybridized carbons (Fsp3) is 0.276. The molecule has 2 aliphatic carbocycles. The van der Waals surface area contributed by atoms with Gasteiger partial charge < -0.3 is 9.84 Å². The molecule has 4 aliphatic rings. The summed E-state index contributed by atoms with van der Waals surface area (Å²) in [5.74, 6) is -1.19. The van der Waals surface area contributed by atoms with E-state index in [0.29, 0.717) is 16.9 Å². The van der Waals surface area contributed by atoms with Gasteiger partial charge in [-0.2, -0.15) is 0 Å². The van der Waals surface area contributed by atoms with E-state index in [-0.39, 0.29) is 28.4 Å². The lowest BCUT2D eigenvalue weighted by molar-refractivity contribution is -0.124. The third-order valence-corrected chi connectivity index (χ3v) is 9.22. The summed E-state index contributed by atoms with van der Waals surface area (Å²) in [7, 11) is 0. The van der Waals surface area contributed by atoms with Crippen LogP contribution in [0.25, 0.3) is 0 Å². The number of Topliss-reactive ketones (excluding diaryl/α,β-unsaturated/α-hetero) is 1. The van der Waals surface area contributed by atoms with Gasteiger partial charge in [0.1, 0.15) is 11.5 Å². The van der Waals surface area contributed by atoms with E-state index in [1.807, 2.05) is 69.3 Å². The van der Waals surface area contributed by atoms with Crippen molar-refractivity contribution in [2.75, 3.05) is 0 Å². The Morgan fingerprint density at radius 2 is 1.69 bits per heavy atom. The fourth-order valence-corrected chi connectivity index (χ4v) is 7.14. The zero-order chi connectivity index (χ0) is 25.6. The third kappa shape index (κ3) is 2.77. The number of allylic oxidation sites excluding steroid dienone is 3. The number of ketones is 1. The second-order valence-corrected chi connectivity index (χ2v) is 11.7. The molecule has 0 fully saturated rings. The van der Waals surface area contributed by atoms with Crippen molar-refractivity contribution in [3.8, 4) is 11.5 Å². The summed E-state index contributed by atoms with van der Waals surface area (Å²) in [6.45, 7) is 7.95. The highest BCUT2D eigenvalue weighted by Gasteiger charge is 2.63. The molecule has 2 heterocycles. The summed E-state index contributed by atoms with van der Waals surface area (Å²) >= 11 is 1.40. The highest BCUT2D eigenvalue weighted by molar-refractivity contribution is 8.04. The maximum atomic E-state index is 13.8. The van der Waals surface area contributed by atoms with Gasteiger partial charge in [0.15, 0.2) is 11.4 Å². The fourth-order valence-electron chi connectivity index (χ4n) is 6.02. The van der Waals surface area contributed by atoms with Crippen molar-refractivity contribution in [3.05, 3.63) is 87.4 Å². The molecule has 2 aliphatic heterocycles. The van der Waals surface area contributed by atoms with Crippen molar-refractivity contribution in [2.24, 2.45) is 10.8 Å². The third-order valence-electron chi connectivity index (χ3n) is 8.18. The molecule has 6 rings (SSSR count). The number of phenolic OH excluding ortho intramolecular Hbond substituents is 1. The minimum absolute atomic E-state index is 0.00165. The van der Waals surface area contributed by atoms with Crippen LogP contribution in [-0.2, 0) is 11.2 Å². The highest BCUT2D eigenvalue weighted by atomic mass is 32.2. The standard InChI is InChI=1S/C29H25NO5S/c1-15-10-11-20-27(2,3)24(32)19(36-17-8-6-5-7-9-17)14-29(20)28(15,4)13-16-12-18(31)21-22(23(16)35-29)26(34)30-25(21)33/h5-12,14,31H,13H2,1-4H3,(H,30,33,34). The molecule has 0 aromatic heterocycles. The quantitative estimate of drug-likeness (QED) is 0.557. The lowest BCUT2D eigenvalue weighted by Gasteiger charge is -2.58. The van der Waals surface area contributed by atoms with Crippen molar-refractivity contribution in [1.29, 1.82) is 0 Å². The molecule has 36 heavy (non-hydrogen) atoms. The molecule has 0 saturated heterocycles. The Labute approximate surface area is 213 Å². The van der Waals surface area contributed by atoms with Gasteiger partial charge in [0.05, 0.1) is 21.4 Å². The second kappa shape index (κ2) is 7.23. The maximum absolute atomic E-state index is 13.8. The van der Waals surface area contributed by atoms with Crippen molar-refractivity contribution in [1.82, 2.24) is 5.32 Å². The molecule has 2 aromatic carbocycles. The Hall–Kier alpha value is -3.58. The van der Waals surface area contributed by atoms with Gasteiger partial charge in [0.2, 0.25) is 0 Å². The number of carbonyl (C=O) groups is 3. The van der Waals surface area contributed by atoms with Gasteiger partial charge in [-0.15, -0.1) is 0 Å². The van der Waals surface area contributed by atoms with Crippen molar-refractivity contribution < 1.29 is 24.2 Å². The van der Waals surface area contributed by atoms with Crippen LogP contribution in [0.15, 0.2) is 75.6 Å². The number of rotatable bonds is 2. The van der Waals surface area contributed by atoms with Crippen LogP contribution in [0, 0.1) is 10.8 Å². The highest BCUT2D eigenvalue weighted by Crippen LogP contribution is 2.63. The first kappa shape index (κ1) is 22.9. The lowest BCUT2D eigenvalue weighted by Crippen LogP contribution is -2.62. The van der Waals surface area contributed by atoms with Crippen LogP contribution in [0.2, 0.25) is 0 Å². The number of ether oxygens (including phenoxy) is 1. The molecule has 0 bridgehead atoms. The molecule has 0 radical (unpaired) electrons. The number of amides is 2. The minimum atomic E-state index is -1.07. The molecule has 1 spiro atoms. The number of nitrogens with one attached hydrogen (secondary N) is 1. The first-order valence-electron chi connectivity index (χ1n) is 11.8. The van der Waals surface area contributed by atoms with E-state index in [9.17, 15) is 19.5 Å². The van der Waals surface area contributed by atoms with Gasteiger partial charge in [0, 0.05) is 10.3 Å². The predicted octanol–water partition coefficient (Wildman–Crippen LogP) is 5.13. The van der Waals surface area contributed by atoms with Gasteiger partial charge in [-0.05, 0) is 62.6 Å². The van der Waals surface area contributed by atoms with Crippen molar-refractivity contribution in [2.45, 2.75) is 44.6 Å². The Kier molecular flexibility index (Phi) is 4.59. The maximum Gasteiger partial charge on any atom is 0.262 e. The van der Waals surface area contributed by atoms with Crippen molar-refractivity contribution in [3.63, 3.8) is 0 Å². The summed E-state index contributed by atoms with van der Waals surface area (Å²) in [5, 5.41) is 12.9. The Balaban J connectivity index is 1.63. The van der Waals surface area contributed by atoms with E-state index in [4.69, 9.17) is 4.74 Å². The van der Waals surface area contributed by atoms with Gasteiger partial charge in [-0.1, -0.05) is 54.6 Å². The predicted molar refractivity (Wildman–Crippen MR) is 136 cm³/mol. The number of imide groups is 1. The molecule has 2 N–H and O–H groups in total. The van der Waals surface area contributed by atoms with E-state index in [2.05, 4.69) is 12.2 Å². The molecule has 2 amide bonds. The largest absolute Gasteiger partial charge is 0.507 e. The molecular weight excluding hydrogens is 474 g/mol. The topological polar surface area (TPSA) is 92.7 Å². The number of hydrogen-bond donors (Lipinski definition) is 2. The normalized spacial score (nSPS) is 27.4. The summed E-state index contributed by atoms with van der Waals surface area (Å²) in [4.78, 5) is 40.6. The Morgan fingerprint density at radius 3 is 2.42 bits per heavy atom. The molecule has 182 valence electrons. The number of benzene rings is 2. The number of aromatic hydroxyl groups is 1. The Morgan fingerprint density at radius 1 is 1.00 bits per heavy atom. The van der Waals surface area contributed by atoms with Crippen LogP contribution in [0.3, 0.4) is 0 Å². The van der Waals surface area contributed by atoms with Crippen LogP contribution in [0.1, 0.15) is 54.0 Å². The molecule has 2 unspecified atom stereocenters. The van der Waals surface area contributed by atoms with E-state index in [0.717, 1.165) is 16.0 Å². The zero-order valence-electron chi connectivity index (χ0n) is 20.4. The van der Waals surface area contributed by atoms with Crippen LogP contribution in [0.4, 0.5) is 0 Å². The number of carbonyl (C=O) groups excluding carboxylic acids is 3. The van der Waals surface area contributed by atoms with E-state index in [1.54, 1.807) is 0 Å². The van der Waals surface area contributed by atoms with Crippen LogP contribution >= 0.6 is 11.8 Å². The Bertz CT molecular complexity index is 1500. The smallest absolute Gasteiger partial charge is 0.262 e. The molecule has 0 saturated carbocycles. The second-order valence-electron chi connectivity index (χ2n) is 10.6. The zero-order valence-corrected chi connectivity index (χ0v) is 21.2. The first-order chi connectivity index (χ1) is 17.0. The van der Waals surface area contributed by atoms with E-state index in [1.165, 1.54) is 17.8 Å². The van der Waals surface area contributed by atoms with Gasteiger partial charge in [0.25, 0.3) is 11.8 Å². The molecule has 2 aromatic rings. The van der Waals surface area contributed by atoms with Crippen molar-refractivity contribution >= 4 is 29.4 Å². The van der Waals surface area contributed by atoms with Gasteiger partial charge in [-0.25, -0.2) is 0 Å². The van der Waals surface area contributed by atoms with Crippen LogP contribution < -0.4 is 10.1 Å². The summed E-state index contributed by atoms with van der Waals surface area (Å²) < 4.78 is 6.89. The lowest BCUT2D eigenvalue weighted by atomic mass is 9.52. The molecule has 6 nitrogen and oxygen atoms in total. The number of thioether (sulfide) groups is 1. The monoisotopic (exact) mass is 499 g/mol. The van der Waals surface area contributed by atoms with E-state index >= 15 is 0 Å². The average molecular weight is 500 g/mol. The number of hydrogen-bond acceptors (Lipinski definition) is 6. The number of fused-ring (bicyclic) bond motifs is 3. The van der Waals surface area contributed by atoms with Crippen LogP contribution in [0.5, 0.6) is 11.5 Å². The summed E-state index contributed by atoms with van der Waals surface area (Å²) in [6, 6.07) is 11.2. The SMILES string of the molecule is CC1=CC=C2C(C)(C)C(=O)C(Sc3ccccc3)=CC23Oc2c(cc(O)c4c2C(=O)NC4=O)CC13C. The van der Waals surface area contributed by atoms with Gasteiger partial charge in [-0.3, -0.25) is 19.7 Å². The summed E-state index contributed by atoms with van der Waals surface area (Å²) in [6.07, 6.45) is 6.36. The summed E-state index contributed by atoms with van der Waals surface area (Å²) in [5.41, 5.74) is -0.0437. The molecular formula is C29H25NO5S.